The van der Waals surface area contributed by atoms with Gasteiger partial charge in [-0.2, -0.15) is 0 Å². The molecule has 5 nitrogen and oxygen atoms in total. The van der Waals surface area contributed by atoms with E-state index in [-0.39, 0.29) is 24.2 Å². The van der Waals surface area contributed by atoms with E-state index in [0.29, 0.717) is 6.61 Å². The van der Waals surface area contributed by atoms with Crippen LogP contribution in [0.3, 0.4) is 0 Å². The topological polar surface area (TPSA) is 64.4 Å². The van der Waals surface area contributed by atoms with Crippen LogP contribution in [0.2, 0.25) is 0 Å². The zero-order valence-electron chi connectivity index (χ0n) is 8.59. The first kappa shape index (κ1) is 12.9. The van der Waals surface area contributed by atoms with Gasteiger partial charge in [-0.05, 0) is 17.7 Å². The summed E-state index contributed by atoms with van der Waals surface area (Å²) in [7, 11) is 0. The summed E-state index contributed by atoms with van der Waals surface area (Å²) in [5.41, 5.74) is 1.09. The lowest BCUT2D eigenvalue weighted by atomic mass is 10.1. The molecule has 1 aliphatic heterocycles. The maximum Gasteiger partial charge on any atom is 0.269 e. The van der Waals surface area contributed by atoms with Crippen molar-refractivity contribution in [2.75, 3.05) is 19.7 Å². The fourth-order valence-corrected chi connectivity index (χ4v) is 1.59. The highest BCUT2D eigenvalue weighted by atomic mass is 35.5. The summed E-state index contributed by atoms with van der Waals surface area (Å²) in [6, 6.07) is 6.51. The van der Waals surface area contributed by atoms with Crippen molar-refractivity contribution < 1.29 is 9.66 Å². The van der Waals surface area contributed by atoms with E-state index in [1.165, 1.54) is 12.1 Å². The second-order valence-corrected chi connectivity index (χ2v) is 3.41. The van der Waals surface area contributed by atoms with Crippen LogP contribution >= 0.6 is 12.4 Å². The molecule has 1 unspecified atom stereocenters. The first-order valence-electron chi connectivity index (χ1n) is 4.84. The SMILES string of the molecule is Cl.O=[N+]([O-])c1ccc(C2CNCCO2)cc1. The van der Waals surface area contributed by atoms with Crippen LogP contribution in [0.5, 0.6) is 0 Å². The summed E-state index contributed by atoms with van der Waals surface area (Å²) >= 11 is 0. The predicted molar refractivity (Wildman–Crippen MR) is 61.9 cm³/mol. The molecule has 1 atom stereocenters. The molecule has 6 heteroatoms. The fourth-order valence-electron chi connectivity index (χ4n) is 1.59. The molecule has 1 aliphatic rings. The average molecular weight is 245 g/mol. The molecule has 1 aromatic carbocycles. The Morgan fingerprint density at radius 3 is 2.56 bits per heavy atom. The molecule has 2 rings (SSSR count). The summed E-state index contributed by atoms with van der Waals surface area (Å²) in [4.78, 5) is 10.1. The number of nitro groups is 1. The van der Waals surface area contributed by atoms with Crippen LogP contribution < -0.4 is 5.32 Å². The minimum Gasteiger partial charge on any atom is -0.371 e. The second kappa shape index (κ2) is 5.79. The van der Waals surface area contributed by atoms with E-state index in [0.717, 1.165) is 18.7 Å². The summed E-state index contributed by atoms with van der Waals surface area (Å²) in [5.74, 6) is 0. The number of nitrogens with one attached hydrogen (secondary N) is 1. The maximum atomic E-state index is 10.5. The number of nitrogens with zero attached hydrogens (tertiary/aromatic N) is 1. The normalized spacial score (nSPS) is 19.9. The van der Waals surface area contributed by atoms with Crippen LogP contribution in [0.15, 0.2) is 24.3 Å². The largest absolute Gasteiger partial charge is 0.371 e. The molecular formula is C10H13ClN2O3. The number of morpholine rings is 1. The van der Waals surface area contributed by atoms with Gasteiger partial charge >= 0.3 is 0 Å². The van der Waals surface area contributed by atoms with Crippen LogP contribution in [0.25, 0.3) is 0 Å². The van der Waals surface area contributed by atoms with Crippen molar-refractivity contribution in [1.29, 1.82) is 0 Å². The predicted octanol–water partition coefficient (Wildman–Crippen LogP) is 1.68. The number of halogens is 1. The molecule has 16 heavy (non-hydrogen) atoms. The van der Waals surface area contributed by atoms with E-state index in [1.807, 2.05) is 0 Å². The van der Waals surface area contributed by atoms with Gasteiger partial charge in [0.2, 0.25) is 0 Å². The van der Waals surface area contributed by atoms with E-state index in [1.54, 1.807) is 12.1 Å². The Labute approximate surface area is 99.4 Å². The second-order valence-electron chi connectivity index (χ2n) is 3.41. The molecule has 88 valence electrons. The Hall–Kier alpha value is -1.17. The Bertz CT molecular complexity index is 350. The van der Waals surface area contributed by atoms with E-state index in [9.17, 15) is 10.1 Å². The third-order valence-corrected chi connectivity index (χ3v) is 2.40. The highest BCUT2D eigenvalue weighted by Crippen LogP contribution is 2.21. The maximum absolute atomic E-state index is 10.5. The van der Waals surface area contributed by atoms with Gasteiger partial charge in [-0.25, -0.2) is 0 Å². The first-order valence-corrected chi connectivity index (χ1v) is 4.84. The van der Waals surface area contributed by atoms with Gasteiger partial charge in [0.15, 0.2) is 0 Å². The van der Waals surface area contributed by atoms with Crippen molar-refractivity contribution in [3.8, 4) is 0 Å². The minimum absolute atomic E-state index is 0. The van der Waals surface area contributed by atoms with E-state index < -0.39 is 4.92 Å². The number of rotatable bonds is 2. The van der Waals surface area contributed by atoms with Crippen LogP contribution in [0.1, 0.15) is 11.7 Å². The fraction of sp³-hybridized carbons (Fsp3) is 0.400. The molecule has 0 amide bonds. The molecule has 0 spiro atoms. The van der Waals surface area contributed by atoms with Crippen LogP contribution in [0.4, 0.5) is 5.69 Å². The average Bonchev–Trinajstić information content (AvgIpc) is 2.30. The van der Waals surface area contributed by atoms with Gasteiger partial charge in [-0.15, -0.1) is 12.4 Å². The standard InChI is InChI=1S/C10H12N2O3.ClH/c13-12(14)9-3-1-8(2-4-9)10-7-11-5-6-15-10;/h1-4,10-11H,5-7H2;1H. The Kier molecular flexibility index (Phi) is 4.67. The number of hydrogen-bond donors (Lipinski definition) is 1. The van der Waals surface area contributed by atoms with Gasteiger partial charge in [-0.1, -0.05) is 0 Å². The van der Waals surface area contributed by atoms with Crippen molar-refractivity contribution >= 4 is 18.1 Å². The summed E-state index contributed by atoms with van der Waals surface area (Å²) < 4.78 is 5.53. The summed E-state index contributed by atoms with van der Waals surface area (Å²) in [6.45, 7) is 2.31. The van der Waals surface area contributed by atoms with Gasteiger partial charge in [0.25, 0.3) is 5.69 Å². The monoisotopic (exact) mass is 244 g/mol. The smallest absolute Gasteiger partial charge is 0.269 e. The lowest BCUT2D eigenvalue weighted by Crippen LogP contribution is -2.33. The number of hydrogen-bond acceptors (Lipinski definition) is 4. The molecule has 1 aromatic rings. The van der Waals surface area contributed by atoms with Gasteiger partial charge in [0, 0.05) is 25.2 Å². The van der Waals surface area contributed by atoms with Gasteiger partial charge in [0.1, 0.15) is 0 Å². The van der Waals surface area contributed by atoms with Gasteiger partial charge in [-0.3, -0.25) is 10.1 Å². The van der Waals surface area contributed by atoms with Crippen molar-refractivity contribution in [1.82, 2.24) is 5.32 Å². The quantitative estimate of drug-likeness (QED) is 0.635. The van der Waals surface area contributed by atoms with E-state index in [2.05, 4.69) is 5.32 Å². The van der Waals surface area contributed by atoms with E-state index >= 15 is 0 Å². The Morgan fingerprint density at radius 2 is 2.06 bits per heavy atom. The molecule has 0 radical (unpaired) electrons. The molecule has 0 aliphatic carbocycles. The Balaban J connectivity index is 0.00000128. The lowest BCUT2D eigenvalue weighted by Gasteiger charge is -2.23. The van der Waals surface area contributed by atoms with Crippen molar-refractivity contribution in [3.63, 3.8) is 0 Å². The molecule has 1 saturated heterocycles. The molecule has 1 heterocycles. The van der Waals surface area contributed by atoms with Crippen molar-refractivity contribution in [2.45, 2.75) is 6.10 Å². The molecule has 1 fully saturated rings. The van der Waals surface area contributed by atoms with E-state index in [4.69, 9.17) is 4.74 Å². The Morgan fingerprint density at radius 1 is 1.38 bits per heavy atom. The molecule has 0 aromatic heterocycles. The summed E-state index contributed by atoms with van der Waals surface area (Å²) in [6.07, 6.45) is 0.0135. The number of nitro benzene ring substituents is 1. The van der Waals surface area contributed by atoms with Crippen LogP contribution in [-0.2, 0) is 4.74 Å². The van der Waals surface area contributed by atoms with Crippen molar-refractivity contribution in [3.05, 3.63) is 39.9 Å². The molecular weight excluding hydrogens is 232 g/mol. The van der Waals surface area contributed by atoms with Crippen LogP contribution in [0, 0.1) is 10.1 Å². The molecule has 0 saturated carbocycles. The number of non-ortho nitro benzene ring substituents is 1. The van der Waals surface area contributed by atoms with Crippen molar-refractivity contribution in [2.24, 2.45) is 0 Å². The highest BCUT2D eigenvalue weighted by Gasteiger charge is 2.16. The number of ether oxygens (including phenoxy) is 1. The summed E-state index contributed by atoms with van der Waals surface area (Å²) in [5, 5.41) is 13.7. The van der Waals surface area contributed by atoms with Crippen LogP contribution in [-0.4, -0.2) is 24.6 Å². The lowest BCUT2D eigenvalue weighted by molar-refractivity contribution is -0.384. The molecule has 1 N–H and O–H groups in total. The minimum atomic E-state index is -0.399. The zero-order valence-corrected chi connectivity index (χ0v) is 9.40. The van der Waals surface area contributed by atoms with Gasteiger partial charge in [0.05, 0.1) is 17.6 Å². The number of benzene rings is 1. The highest BCUT2D eigenvalue weighted by molar-refractivity contribution is 5.85. The molecule has 0 bridgehead atoms. The first-order chi connectivity index (χ1) is 7.27. The third kappa shape index (κ3) is 2.91. The van der Waals surface area contributed by atoms with Gasteiger partial charge < -0.3 is 10.1 Å². The third-order valence-electron chi connectivity index (χ3n) is 2.40. The zero-order chi connectivity index (χ0) is 10.7.